The van der Waals surface area contributed by atoms with Crippen molar-refractivity contribution in [3.63, 3.8) is 0 Å². The number of benzene rings is 2. The number of hydrogen-bond acceptors (Lipinski definition) is 6. The zero-order valence-corrected chi connectivity index (χ0v) is 18.9. The highest BCUT2D eigenvalue weighted by molar-refractivity contribution is 6.43. The number of carbonyl (C=O) groups excluding carboxylic acids is 3. The number of nitrogens with zero attached hydrogens (tertiary/aromatic N) is 4. The molecule has 168 valence electrons. The van der Waals surface area contributed by atoms with Gasteiger partial charge in [0.2, 0.25) is 5.95 Å². The molecule has 0 unspecified atom stereocenters. The number of imide groups is 1. The van der Waals surface area contributed by atoms with Gasteiger partial charge in [0.05, 0.1) is 35.3 Å². The van der Waals surface area contributed by atoms with Gasteiger partial charge in [-0.15, -0.1) is 0 Å². The quantitative estimate of drug-likeness (QED) is 0.341. The average molecular weight is 444 g/mol. The standard InChI is InChI=1S/C25H24N4O4/c1-5-33-24(32)16-10-12-17(13-11-16)29-22(30)20-9-7-6-8-19(20)21(23(29)31)14-18-15-26-25(27(2)3)28(18)4/h6-15H,5H2,1-4H3/b21-14-. The molecule has 0 spiro atoms. The molecule has 4 rings (SSSR count). The van der Waals surface area contributed by atoms with Gasteiger partial charge in [0, 0.05) is 32.3 Å². The van der Waals surface area contributed by atoms with Crippen LogP contribution in [0.1, 0.15) is 38.9 Å². The molecule has 0 aliphatic carbocycles. The van der Waals surface area contributed by atoms with E-state index in [1.165, 1.54) is 0 Å². The van der Waals surface area contributed by atoms with E-state index in [2.05, 4.69) is 4.98 Å². The van der Waals surface area contributed by atoms with E-state index < -0.39 is 17.8 Å². The molecule has 8 nitrogen and oxygen atoms in total. The summed E-state index contributed by atoms with van der Waals surface area (Å²) >= 11 is 0. The minimum atomic E-state index is -0.459. The Morgan fingerprint density at radius 1 is 1.03 bits per heavy atom. The number of fused-ring (bicyclic) bond motifs is 1. The van der Waals surface area contributed by atoms with Crippen molar-refractivity contribution in [2.75, 3.05) is 30.5 Å². The first-order valence-electron chi connectivity index (χ1n) is 10.5. The maximum atomic E-state index is 13.6. The zero-order valence-electron chi connectivity index (χ0n) is 18.9. The Bertz CT molecular complexity index is 1270. The van der Waals surface area contributed by atoms with Gasteiger partial charge in [-0.1, -0.05) is 18.2 Å². The molecule has 2 heterocycles. The minimum Gasteiger partial charge on any atom is -0.462 e. The maximum Gasteiger partial charge on any atom is 0.338 e. The second-order valence-electron chi connectivity index (χ2n) is 7.75. The number of imidazole rings is 1. The Labute approximate surface area is 191 Å². The average Bonchev–Trinajstić information content (AvgIpc) is 3.17. The first kappa shape index (κ1) is 22.0. The lowest BCUT2D eigenvalue weighted by atomic mass is 9.92. The molecular weight excluding hydrogens is 420 g/mol. The molecule has 0 fully saturated rings. The minimum absolute atomic E-state index is 0.262. The lowest BCUT2D eigenvalue weighted by Crippen LogP contribution is -2.41. The summed E-state index contributed by atoms with van der Waals surface area (Å²) in [4.78, 5) is 46.2. The fourth-order valence-corrected chi connectivity index (χ4v) is 3.80. The highest BCUT2D eigenvalue weighted by Crippen LogP contribution is 2.33. The fraction of sp³-hybridized carbons (Fsp3) is 0.200. The number of rotatable bonds is 5. The van der Waals surface area contributed by atoms with Crippen molar-refractivity contribution in [1.29, 1.82) is 0 Å². The fourth-order valence-electron chi connectivity index (χ4n) is 3.80. The highest BCUT2D eigenvalue weighted by atomic mass is 16.5. The van der Waals surface area contributed by atoms with Gasteiger partial charge in [-0.3, -0.25) is 9.59 Å². The van der Waals surface area contributed by atoms with Crippen LogP contribution < -0.4 is 9.80 Å². The Balaban J connectivity index is 1.80. The predicted octanol–water partition coefficient (Wildman–Crippen LogP) is 3.39. The van der Waals surface area contributed by atoms with Crippen molar-refractivity contribution in [1.82, 2.24) is 9.55 Å². The molecule has 33 heavy (non-hydrogen) atoms. The summed E-state index contributed by atoms with van der Waals surface area (Å²) in [6.07, 6.45) is 3.43. The van der Waals surface area contributed by atoms with E-state index in [0.29, 0.717) is 28.0 Å². The molecule has 2 amide bonds. The van der Waals surface area contributed by atoms with E-state index in [0.717, 1.165) is 16.5 Å². The van der Waals surface area contributed by atoms with Gasteiger partial charge >= 0.3 is 5.97 Å². The molecule has 1 aliphatic heterocycles. The van der Waals surface area contributed by atoms with E-state index >= 15 is 0 Å². The first-order chi connectivity index (χ1) is 15.8. The SMILES string of the molecule is CCOC(=O)c1ccc(N2C(=O)/C(=C\c3cnc(N(C)C)n3C)c3ccccc3C2=O)cc1. The van der Waals surface area contributed by atoms with Gasteiger partial charge < -0.3 is 14.2 Å². The van der Waals surface area contributed by atoms with E-state index in [-0.39, 0.29) is 6.61 Å². The van der Waals surface area contributed by atoms with E-state index in [1.807, 2.05) is 30.6 Å². The molecule has 1 aliphatic rings. The summed E-state index contributed by atoms with van der Waals surface area (Å²) in [6.45, 7) is 1.99. The van der Waals surface area contributed by atoms with Gasteiger partial charge in [-0.2, -0.15) is 0 Å². The third-order valence-corrected chi connectivity index (χ3v) is 5.41. The largest absolute Gasteiger partial charge is 0.462 e. The molecule has 0 N–H and O–H groups in total. The zero-order chi connectivity index (χ0) is 23.7. The Kier molecular flexibility index (Phi) is 5.83. The van der Waals surface area contributed by atoms with Crippen LogP contribution in [-0.4, -0.2) is 48.0 Å². The van der Waals surface area contributed by atoms with Crippen LogP contribution in [0.2, 0.25) is 0 Å². The van der Waals surface area contributed by atoms with Crippen LogP contribution in [0.25, 0.3) is 11.6 Å². The summed E-state index contributed by atoms with van der Waals surface area (Å²) < 4.78 is 6.88. The molecule has 2 aromatic carbocycles. The molecule has 0 bridgehead atoms. The monoisotopic (exact) mass is 444 g/mol. The van der Waals surface area contributed by atoms with Crippen LogP contribution in [0.3, 0.4) is 0 Å². The molecule has 8 heteroatoms. The molecule has 0 saturated heterocycles. The van der Waals surface area contributed by atoms with Gasteiger partial charge in [0.1, 0.15) is 0 Å². The van der Waals surface area contributed by atoms with E-state index in [1.54, 1.807) is 67.7 Å². The Hall–Kier alpha value is -4.20. The highest BCUT2D eigenvalue weighted by Gasteiger charge is 2.36. The number of aromatic nitrogens is 2. The van der Waals surface area contributed by atoms with Crippen LogP contribution >= 0.6 is 0 Å². The third-order valence-electron chi connectivity index (χ3n) is 5.41. The summed E-state index contributed by atoms with van der Waals surface area (Å²) in [5.74, 6) is -0.592. The van der Waals surface area contributed by atoms with Gasteiger partial charge in [0.25, 0.3) is 11.8 Å². The van der Waals surface area contributed by atoms with E-state index in [9.17, 15) is 14.4 Å². The Morgan fingerprint density at radius 2 is 1.70 bits per heavy atom. The Morgan fingerprint density at radius 3 is 2.30 bits per heavy atom. The summed E-state index contributed by atoms with van der Waals surface area (Å²) in [7, 11) is 5.65. The summed E-state index contributed by atoms with van der Waals surface area (Å²) in [5.41, 5.74) is 2.82. The number of anilines is 2. The van der Waals surface area contributed by atoms with Crippen LogP contribution in [0.4, 0.5) is 11.6 Å². The molecule has 0 saturated carbocycles. The van der Waals surface area contributed by atoms with Crippen LogP contribution in [0.15, 0.2) is 54.7 Å². The second kappa shape index (κ2) is 8.74. The number of carbonyl (C=O) groups is 3. The van der Waals surface area contributed by atoms with Crippen molar-refractivity contribution in [2.45, 2.75) is 6.92 Å². The van der Waals surface area contributed by atoms with Crippen molar-refractivity contribution in [3.8, 4) is 0 Å². The van der Waals surface area contributed by atoms with Crippen molar-refractivity contribution < 1.29 is 19.1 Å². The lowest BCUT2D eigenvalue weighted by Gasteiger charge is -2.28. The third kappa shape index (κ3) is 3.91. The number of esters is 1. The summed E-state index contributed by atoms with van der Waals surface area (Å²) in [5, 5.41) is 0. The summed E-state index contributed by atoms with van der Waals surface area (Å²) in [6, 6.07) is 13.3. The number of hydrogen-bond donors (Lipinski definition) is 0. The molecule has 1 aromatic heterocycles. The van der Waals surface area contributed by atoms with Gasteiger partial charge in [-0.05, 0) is 43.3 Å². The first-order valence-corrected chi connectivity index (χ1v) is 10.5. The topological polar surface area (TPSA) is 84.7 Å². The molecule has 0 atom stereocenters. The van der Waals surface area contributed by atoms with Crippen LogP contribution in [-0.2, 0) is 16.6 Å². The molecular formula is C25H24N4O4. The van der Waals surface area contributed by atoms with Gasteiger partial charge in [-0.25, -0.2) is 14.7 Å². The van der Waals surface area contributed by atoms with Crippen LogP contribution in [0, 0.1) is 0 Å². The normalized spacial score (nSPS) is 14.4. The smallest absolute Gasteiger partial charge is 0.338 e. The van der Waals surface area contributed by atoms with Crippen molar-refractivity contribution >= 4 is 41.1 Å². The number of amides is 2. The van der Waals surface area contributed by atoms with Gasteiger partial charge in [0.15, 0.2) is 0 Å². The second-order valence-corrected chi connectivity index (χ2v) is 7.75. The molecule has 3 aromatic rings. The van der Waals surface area contributed by atoms with Crippen molar-refractivity contribution in [2.24, 2.45) is 7.05 Å². The molecule has 0 radical (unpaired) electrons. The van der Waals surface area contributed by atoms with Crippen LogP contribution in [0.5, 0.6) is 0 Å². The number of ether oxygens (including phenoxy) is 1. The predicted molar refractivity (Wildman–Crippen MR) is 126 cm³/mol. The lowest BCUT2D eigenvalue weighted by molar-refractivity contribution is -0.112. The maximum absolute atomic E-state index is 13.6. The van der Waals surface area contributed by atoms with E-state index in [4.69, 9.17) is 4.74 Å². The van der Waals surface area contributed by atoms with Crippen molar-refractivity contribution in [3.05, 3.63) is 77.1 Å².